The molecule has 0 atom stereocenters. The van der Waals surface area contributed by atoms with Crippen molar-refractivity contribution >= 4 is 38.9 Å². The van der Waals surface area contributed by atoms with Gasteiger partial charge in [0.05, 0.1) is 10.6 Å². The number of hydrogen-bond acceptors (Lipinski definition) is 4. The summed E-state index contributed by atoms with van der Waals surface area (Å²) in [5, 5.41) is 14.5. The summed E-state index contributed by atoms with van der Waals surface area (Å²) in [4.78, 5) is 14.6. The van der Waals surface area contributed by atoms with Crippen LogP contribution >= 0.6 is 27.5 Å². The van der Waals surface area contributed by atoms with Crippen LogP contribution in [0.3, 0.4) is 0 Å². The highest BCUT2D eigenvalue weighted by Gasteiger charge is 2.14. The second kappa shape index (κ2) is 6.19. The van der Waals surface area contributed by atoms with Gasteiger partial charge in [0.15, 0.2) is 5.15 Å². The van der Waals surface area contributed by atoms with E-state index < -0.39 is 4.92 Å². The van der Waals surface area contributed by atoms with Crippen LogP contribution < -0.4 is 5.32 Å². The molecule has 2 aromatic rings. The number of benzene rings is 1. The first-order valence-electron chi connectivity index (χ1n) is 5.77. The molecule has 1 heterocycles. The Morgan fingerprint density at radius 1 is 1.45 bits per heavy atom. The Kier molecular flexibility index (Phi) is 4.57. The summed E-state index contributed by atoms with van der Waals surface area (Å²) in [6, 6.07) is 6.77. The summed E-state index contributed by atoms with van der Waals surface area (Å²) < 4.78 is 0.670. The van der Waals surface area contributed by atoms with Crippen molar-refractivity contribution in [3.63, 3.8) is 0 Å². The minimum absolute atomic E-state index is 0.0598. The molecule has 0 spiro atoms. The lowest BCUT2D eigenvalue weighted by atomic mass is 10.1. The number of rotatable bonds is 4. The lowest BCUT2D eigenvalue weighted by Gasteiger charge is -2.11. The van der Waals surface area contributed by atoms with Crippen LogP contribution in [0.5, 0.6) is 0 Å². The minimum atomic E-state index is -0.403. The highest BCUT2D eigenvalue weighted by atomic mass is 79.9. The maximum Gasteiger partial charge on any atom is 0.275 e. The number of nitrogens with one attached hydrogen (secondary N) is 1. The molecule has 0 saturated carbocycles. The average molecular weight is 357 g/mol. The summed E-state index contributed by atoms with van der Waals surface area (Å²) in [6.07, 6.45) is 1.62. The van der Waals surface area contributed by atoms with Gasteiger partial charge >= 0.3 is 0 Å². The Morgan fingerprint density at radius 3 is 2.85 bits per heavy atom. The lowest BCUT2D eigenvalue weighted by molar-refractivity contribution is -0.385. The molecule has 1 N–H and O–H groups in total. The molecule has 0 radical (unpaired) electrons. The lowest BCUT2D eigenvalue weighted by Crippen LogP contribution is -2.05. The van der Waals surface area contributed by atoms with Gasteiger partial charge in [0, 0.05) is 28.8 Å². The van der Waals surface area contributed by atoms with Crippen molar-refractivity contribution in [2.24, 2.45) is 0 Å². The molecule has 0 aliphatic carbocycles. The van der Waals surface area contributed by atoms with Gasteiger partial charge in [-0.3, -0.25) is 10.1 Å². The quantitative estimate of drug-likeness (QED) is 0.503. The number of aromatic nitrogens is 1. The predicted octanol–water partition coefficient (Wildman–Crippen LogP) is 4.33. The van der Waals surface area contributed by atoms with E-state index in [1.165, 1.54) is 6.07 Å². The van der Waals surface area contributed by atoms with E-state index in [0.29, 0.717) is 27.4 Å². The second-order valence-corrected chi connectivity index (χ2v) is 5.45. The average Bonchev–Trinajstić information content (AvgIpc) is 2.39. The maximum atomic E-state index is 11.0. The standard InChI is InChI=1S/C13H11BrClN3O2/c1-8-4-5-16-13(15)12(8)17-7-9-2-3-10(14)6-11(9)18(19)20/h2-6,17H,7H2,1H3. The van der Waals surface area contributed by atoms with Gasteiger partial charge < -0.3 is 5.32 Å². The van der Waals surface area contributed by atoms with E-state index in [0.717, 1.165) is 5.56 Å². The Labute approximate surface area is 129 Å². The summed E-state index contributed by atoms with van der Waals surface area (Å²) >= 11 is 9.24. The van der Waals surface area contributed by atoms with Gasteiger partial charge in [0.1, 0.15) is 0 Å². The number of halogens is 2. The van der Waals surface area contributed by atoms with Crippen LogP contribution in [-0.4, -0.2) is 9.91 Å². The predicted molar refractivity (Wildman–Crippen MR) is 82.1 cm³/mol. The van der Waals surface area contributed by atoms with Crippen molar-refractivity contribution in [2.45, 2.75) is 13.5 Å². The number of anilines is 1. The smallest absolute Gasteiger partial charge is 0.275 e. The highest BCUT2D eigenvalue weighted by molar-refractivity contribution is 9.10. The van der Waals surface area contributed by atoms with Crippen LogP contribution in [0.15, 0.2) is 34.9 Å². The van der Waals surface area contributed by atoms with Crippen molar-refractivity contribution in [1.29, 1.82) is 0 Å². The maximum absolute atomic E-state index is 11.0. The van der Waals surface area contributed by atoms with Gasteiger partial charge in [0.25, 0.3) is 5.69 Å². The third kappa shape index (κ3) is 3.26. The molecular weight excluding hydrogens is 346 g/mol. The molecule has 2 rings (SSSR count). The minimum Gasteiger partial charge on any atom is -0.378 e. The molecule has 0 unspecified atom stereocenters. The van der Waals surface area contributed by atoms with Crippen molar-refractivity contribution in [1.82, 2.24) is 4.98 Å². The molecule has 0 fully saturated rings. The molecule has 5 nitrogen and oxygen atoms in total. The number of nitro benzene ring substituents is 1. The first-order chi connectivity index (χ1) is 9.49. The van der Waals surface area contributed by atoms with Gasteiger partial charge in [-0.05, 0) is 30.7 Å². The van der Waals surface area contributed by atoms with Gasteiger partial charge in [-0.25, -0.2) is 4.98 Å². The molecule has 104 valence electrons. The first kappa shape index (κ1) is 14.7. The molecule has 7 heteroatoms. The second-order valence-electron chi connectivity index (χ2n) is 4.18. The number of pyridine rings is 1. The fraction of sp³-hybridized carbons (Fsp3) is 0.154. The fourth-order valence-electron chi connectivity index (χ4n) is 1.78. The monoisotopic (exact) mass is 355 g/mol. The molecule has 1 aromatic carbocycles. The van der Waals surface area contributed by atoms with Crippen LogP contribution in [0.2, 0.25) is 5.15 Å². The van der Waals surface area contributed by atoms with E-state index in [1.807, 2.05) is 13.0 Å². The zero-order valence-corrected chi connectivity index (χ0v) is 12.9. The molecular formula is C13H11BrClN3O2. The number of nitro groups is 1. The van der Waals surface area contributed by atoms with Crippen LogP contribution in [-0.2, 0) is 6.54 Å². The van der Waals surface area contributed by atoms with E-state index in [9.17, 15) is 10.1 Å². The van der Waals surface area contributed by atoms with Crippen LogP contribution in [0.25, 0.3) is 0 Å². The van der Waals surface area contributed by atoms with Crippen molar-refractivity contribution in [3.05, 3.63) is 61.3 Å². The Bertz CT molecular complexity index is 644. The largest absolute Gasteiger partial charge is 0.378 e. The summed E-state index contributed by atoms with van der Waals surface area (Å²) in [5.41, 5.74) is 2.26. The fourth-order valence-corrected chi connectivity index (χ4v) is 2.40. The van der Waals surface area contributed by atoms with Crippen molar-refractivity contribution in [2.75, 3.05) is 5.32 Å². The molecule has 1 aromatic heterocycles. The number of nitrogens with zero attached hydrogens (tertiary/aromatic N) is 2. The molecule has 20 heavy (non-hydrogen) atoms. The van der Waals surface area contributed by atoms with Gasteiger partial charge in [-0.1, -0.05) is 27.5 Å². The van der Waals surface area contributed by atoms with E-state index in [1.54, 1.807) is 18.3 Å². The summed E-state index contributed by atoms with van der Waals surface area (Å²) in [6.45, 7) is 2.20. The van der Waals surface area contributed by atoms with Gasteiger partial charge in [-0.2, -0.15) is 0 Å². The zero-order valence-electron chi connectivity index (χ0n) is 10.6. The molecule has 0 saturated heterocycles. The van der Waals surface area contributed by atoms with E-state index in [2.05, 4.69) is 26.2 Å². The normalized spacial score (nSPS) is 10.3. The summed E-state index contributed by atoms with van der Waals surface area (Å²) in [5.74, 6) is 0. The SMILES string of the molecule is Cc1ccnc(Cl)c1NCc1ccc(Br)cc1[N+](=O)[O-]. The van der Waals surface area contributed by atoms with E-state index in [4.69, 9.17) is 11.6 Å². The molecule has 0 bridgehead atoms. The third-order valence-electron chi connectivity index (χ3n) is 2.81. The molecule has 0 amide bonds. The van der Waals surface area contributed by atoms with Crippen molar-refractivity contribution < 1.29 is 4.92 Å². The van der Waals surface area contributed by atoms with E-state index in [-0.39, 0.29) is 5.69 Å². The number of hydrogen-bond donors (Lipinski definition) is 1. The third-order valence-corrected chi connectivity index (χ3v) is 3.59. The Balaban J connectivity index is 2.25. The summed E-state index contributed by atoms with van der Waals surface area (Å²) in [7, 11) is 0. The van der Waals surface area contributed by atoms with Gasteiger partial charge in [-0.15, -0.1) is 0 Å². The Hall–Kier alpha value is -1.66. The van der Waals surface area contributed by atoms with E-state index >= 15 is 0 Å². The first-order valence-corrected chi connectivity index (χ1v) is 6.94. The highest BCUT2D eigenvalue weighted by Crippen LogP contribution is 2.27. The van der Waals surface area contributed by atoms with Crippen molar-refractivity contribution in [3.8, 4) is 0 Å². The Morgan fingerprint density at radius 2 is 2.20 bits per heavy atom. The van der Waals surface area contributed by atoms with Crippen LogP contribution in [0.4, 0.5) is 11.4 Å². The van der Waals surface area contributed by atoms with Gasteiger partial charge in [0.2, 0.25) is 0 Å². The number of aryl methyl sites for hydroxylation is 1. The molecule has 0 aliphatic rings. The van der Waals surface area contributed by atoms with Crippen LogP contribution in [0, 0.1) is 17.0 Å². The van der Waals surface area contributed by atoms with Crippen LogP contribution in [0.1, 0.15) is 11.1 Å². The molecule has 0 aliphatic heterocycles. The zero-order chi connectivity index (χ0) is 14.7. The topological polar surface area (TPSA) is 68.1 Å².